The van der Waals surface area contributed by atoms with E-state index in [1.165, 1.54) is 0 Å². The Morgan fingerprint density at radius 2 is 2.07 bits per heavy atom. The van der Waals surface area contributed by atoms with E-state index in [-0.39, 0.29) is 31.0 Å². The van der Waals surface area contributed by atoms with E-state index in [4.69, 9.17) is 21.1 Å². The van der Waals surface area contributed by atoms with Gasteiger partial charge in [-0.1, -0.05) is 42.5 Å². The molecule has 150 valence electrons. The topological polar surface area (TPSA) is 55.8 Å². The van der Waals surface area contributed by atoms with E-state index < -0.39 is 18.2 Å². The number of hydrogen-bond donors (Lipinski definition) is 0. The molecule has 2 aliphatic rings. The standard InChI is InChI=1S/C22H26ClNO4/c1-4-14(5-2)21-19(15-9-11-17(23)12-10-15)24(18(25)13-28-21)20(16-7-8-16)22(26)27-6-3/h4-5,9-12,16,19-21H,1,6-8,13H2,2-3H3/b14-5+/t19-,20-,21-/m1/s1. The maximum absolute atomic E-state index is 13.0. The van der Waals surface area contributed by atoms with E-state index >= 15 is 0 Å². The molecule has 1 aliphatic heterocycles. The smallest absolute Gasteiger partial charge is 0.329 e. The Balaban J connectivity index is 2.09. The van der Waals surface area contributed by atoms with Crippen LogP contribution in [-0.4, -0.2) is 42.1 Å². The van der Waals surface area contributed by atoms with Crippen LogP contribution in [0.3, 0.4) is 0 Å². The summed E-state index contributed by atoms with van der Waals surface area (Å²) in [5.41, 5.74) is 1.73. The first kappa shape index (κ1) is 20.6. The predicted molar refractivity (Wildman–Crippen MR) is 108 cm³/mol. The Labute approximate surface area is 170 Å². The molecule has 0 unspecified atom stereocenters. The van der Waals surface area contributed by atoms with E-state index in [0.717, 1.165) is 24.0 Å². The lowest BCUT2D eigenvalue weighted by molar-refractivity contribution is -0.171. The van der Waals surface area contributed by atoms with Crippen molar-refractivity contribution < 1.29 is 19.1 Å². The molecule has 1 amide bonds. The highest BCUT2D eigenvalue weighted by molar-refractivity contribution is 6.30. The van der Waals surface area contributed by atoms with Gasteiger partial charge in [0.05, 0.1) is 12.6 Å². The Morgan fingerprint density at radius 3 is 2.61 bits per heavy atom. The third kappa shape index (κ3) is 4.15. The second-order valence-electron chi connectivity index (χ2n) is 7.06. The van der Waals surface area contributed by atoms with Crippen LogP contribution < -0.4 is 0 Å². The summed E-state index contributed by atoms with van der Waals surface area (Å²) in [6, 6.07) is 6.25. The van der Waals surface area contributed by atoms with Gasteiger partial charge in [-0.2, -0.15) is 0 Å². The van der Waals surface area contributed by atoms with Crippen molar-refractivity contribution >= 4 is 23.5 Å². The Kier molecular flexibility index (Phi) is 6.57. The maximum atomic E-state index is 13.0. The average Bonchev–Trinajstić information content (AvgIpc) is 3.51. The van der Waals surface area contributed by atoms with Crippen LogP contribution in [0.15, 0.2) is 48.6 Å². The van der Waals surface area contributed by atoms with Gasteiger partial charge in [0.2, 0.25) is 5.91 Å². The van der Waals surface area contributed by atoms with Gasteiger partial charge in [-0.05, 0) is 55.9 Å². The number of halogens is 1. The Morgan fingerprint density at radius 1 is 1.39 bits per heavy atom. The molecule has 1 saturated carbocycles. The molecule has 5 nitrogen and oxygen atoms in total. The zero-order valence-corrected chi connectivity index (χ0v) is 17.0. The number of morpholine rings is 1. The molecule has 2 fully saturated rings. The number of carbonyl (C=O) groups is 2. The quantitative estimate of drug-likeness (QED) is 0.508. The van der Waals surface area contributed by atoms with Crippen molar-refractivity contribution in [3.8, 4) is 0 Å². The number of nitrogens with zero attached hydrogens (tertiary/aromatic N) is 1. The monoisotopic (exact) mass is 403 g/mol. The minimum absolute atomic E-state index is 0.0808. The highest BCUT2D eigenvalue weighted by Crippen LogP contribution is 2.43. The van der Waals surface area contributed by atoms with Crippen molar-refractivity contribution in [3.63, 3.8) is 0 Å². The number of rotatable bonds is 7. The summed E-state index contributed by atoms with van der Waals surface area (Å²) >= 11 is 6.07. The van der Waals surface area contributed by atoms with E-state index in [1.807, 2.05) is 25.1 Å². The molecular weight excluding hydrogens is 378 g/mol. The lowest BCUT2D eigenvalue weighted by atomic mass is 9.90. The van der Waals surface area contributed by atoms with Crippen molar-refractivity contribution in [2.45, 2.75) is 44.9 Å². The third-order valence-corrected chi connectivity index (χ3v) is 5.52. The molecule has 0 N–H and O–H groups in total. The van der Waals surface area contributed by atoms with Crippen LogP contribution in [0.4, 0.5) is 0 Å². The Hall–Kier alpha value is -2.11. The second-order valence-corrected chi connectivity index (χ2v) is 7.49. The van der Waals surface area contributed by atoms with Crippen LogP contribution in [0.25, 0.3) is 0 Å². The highest BCUT2D eigenvalue weighted by atomic mass is 35.5. The molecule has 28 heavy (non-hydrogen) atoms. The van der Waals surface area contributed by atoms with Crippen molar-refractivity contribution in [3.05, 3.63) is 59.2 Å². The van der Waals surface area contributed by atoms with Crippen molar-refractivity contribution in [2.24, 2.45) is 5.92 Å². The number of carbonyl (C=O) groups excluding carboxylic acids is 2. The fourth-order valence-corrected chi connectivity index (χ4v) is 3.93. The van der Waals surface area contributed by atoms with E-state index in [1.54, 1.807) is 30.0 Å². The number of allylic oxidation sites excluding steroid dienone is 1. The SMILES string of the molecule is C=C/C(=C\C)[C@H]1OCC(=O)N([C@@H](C(=O)OCC)C2CC2)[C@@H]1c1ccc(Cl)cc1. The first-order chi connectivity index (χ1) is 13.5. The molecule has 6 heteroatoms. The molecule has 0 bridgehead atoms. The summed E-state index contributed by atoms with van der Waals surface area (Å²) in [5, 5.41) is 0.606. The van der Waals surface area contributed by atoms with Crippen molar-refractivity contribution in [1.29, 1.82) is 0 Å². The van der Waals surface area contributed by atoms with Gasteiger partial charge in [0.1, 0.15) is 18.8 Å². The zero-order valence-electron chi connectivity index (χ0n) is 16.3. The molecule has 1 aliphatic carbocycles. The second kappa shape index (κ2) is 8.93. The molecule has 1 saturated heterocycles. The van der Waals surface area contributed by atoms with Gasteiger partial charge in [0.15, 0.2) is 0 Å². The number of esters is 1. The van der Waals surface area contributed by atoms with Crippen LogP contribution in [0.5, 0.6) is 0 Å². The van der Waals surface area contributed by atoms with Gasteiger partial charge in [-0.3, -0.25) is 4.79 Å². The molecule has 3 rings (SSSR count). The van der Waals surface area contributed by atoms with Gasteiger partial charge < -0.3 is 14.4 Å². The van der Waals surface area contributed by atoms with E-state index in [2.05, 4.69) is 6.58 Å². The number of hydrogen-bond acceptors (Lipinski definition) is 4. The fraction of sp³-hybridized carbons (Fsp3) is 0.455. The fourth-order valence-electron chi connectivity index (χ4n) is 3.80. The molecule has 0 aromatic heterocycles. The summed E-state index contributed by atoms with van der Waals surface area (Å²) in [7, 11) is 0. The van der Waals surface area contributed by atoms with Crippen LogP contribution in [0.1, 0.15) is 38.3 Å². The summed E-state index contributed by atoms with van der Waals surface area (Å²) < 4.78 is 11.3. The first-order valence-electron chi connectivity index (χ1n) is 9.65. The largest absolute Gasteiger partial charge is 0.464 e. The molecule has 1 heterocycles. The maximum Gasteiger partial charge on any atom is 0.329 e. The molecular formula is C22H26ClNO4. The van der Waals surface area contributed by atoms with Crippen LogP contribution in [0, 0.1) is 5.92 Å². The minimum atomic E-state index is -0.609. The summed E-state index contributed by atoms with van der Waals surface area (Å²) in [5.74, 6) is -0.436. The molecule has 0 radical (unpaired) electrons. The Bertz CT molecular complexity index is 769. The lowest BCUT2D eigenvalue weighted by Crippen LogP contribution is -2.57. The summed E-state index contributed by atoms with van der Waals surface area (Å²) in [6.07, 6.45) is 5.05. The number of amides is 1. The van der Waals surface area contributed by atoms with Crippen LogP contribution in [0.2, 0.25) is 5.02 Å². The molecule has 1 aromatic rings. The molecule has 1 aromatic carbocycles. The average molecular weight is 404 g/mol. The van der Waals surface area contributed by atoms with Crippen molar-refractivity contribution in [1.82, 2.24) is 4.90 Å². The lowest BCUT2D eigenvalue weighted by Gasteiger charge is -2.45. The summed E-state index contributed by atoms with van der Waals surface area (Å²) in [6.45, 7) is 7.77. The summed E-state index contributed by atoms with van der Waals surface area (Å²) in [4.78, 5) is 27.5. The number of ether oxygens (including phenoxy) is 2. The van der Waals surface area contributed by atoms with Crippen LogP contribution >= 0.6 is 11.6 Å². The van der Waals surface area contributed by atoms with Gasteiger partial charge in [-0.25, -0.2) is 4.79 Å². The molecule has 3 atom stereocenters. The van der Waals surface area contributed by atoms with Gasteiger partial charge in [0.25, 0.3) is 0 Å². The van der Waals surface area contributed by atoms with Gasteiger partial charge >= 0.3 is 5.97 Å². The van der Waals surface area contributed by atoms with E-state index in [9.17, 15) is 9.59 Å². The third-order valence-electron chi connectivity index (χ3n) is 5.27. The van der Waals surface area contributed by atoms with Crippen LogP contribution in [-0.2, 0) is 19.1 Å². The molecule has 0 spiro atoms. The van der Waals surface area contributed by atoms with Crippen molar-refractivity contribution in [2.75, 3.05) is 13.2 Å². The normalized spacial score (nSPS) is 24.0. The first-order valence-corrected chi connectivity index (χ1v) is 10.0. The van der Waals surface area contributed by atoms with E-state index in [0.29, 0.717) is 5.02 Å². The predicted octanol–water partition coefficient (Wildman–Crippen LogP) is 4.08. The highest BCUT2D eigenvalue weighted by Gasteiger charge is 2.50. The minimum Gasteiger partial charge on any atom is -0.464 e. The van der Waals surface area contributed by atoms with Gasteiger partial charge in [-0.15, -0.1) is 0 Å². The van der Waals surface area contributed by atoms with Gasteiger partial charge in [0, 0.05) is 5.02 Å². The number of benzene rings is 1. The zero-order chi connectivity index (χ0) is 20.3.